The Morgan fingerprint density at radius 2 is 1.79 bits per heavy atom. The van der Waals surface area contributed by atoms with Crippen LogP contribution in [-0.4, -0.2) is 11.9 Å². The van der Waals surface area contributed by atoms with Crippen LogP contribution in [0, 0.1) is 0 Å². The third-order valence-corrected chi connectivity index (χ3v) is 3.21. The van der Waals surface area contributed by atoms with Gasteiger partial charge in [-0.1, -0.05) is 30.3 Å². The molecule has 2 aromatic rings. The number of aliphatic hydroxyl groups excluding tert-OH is 1. The molecule has 4 nitrogen and oxygen atoms in total. The highest BCUT2D eigenvalue weighted by Gasteiger charge is 2.20. The SMILES string of the molecule is Nc1cc2c(cc1C(O)Cc1ccccc1)OCO2. The standard InChI is InChI=1S/C15H15NO3/c16-12-8-15-14(18-9-19-15)7-11(12)13(17)6-10-4-2-1-3-5-10/h1-5,7-8,13,17H,6,9,16H2. The normalized spacial score (nSPS) is 14.4. The maximum Gasteiger partial charge on any atom is 0.231 e. The van der Waals surface area contributed by atoms with Gasteiger partial charge in [0.1, 0.15) is 0 Å². The molecule has 1 heterocycles. The van der Waals surface area contributed by atoms with E-state index < -0.39 is 6.10 Å². The molecule has 0 radical (unpaired) electrons. The van der Waals surface area contributed by atoms with Gasteiger partial charge in [0.25, 0.3) is 0 Å². The number of hydrogen-bond donors (Lipinski definition) is 2. The van der Waals surface area contributed by atoms with E-state index in [1.54, 1.807) is 12.1 Å². The lowest BCUT2D eigenvalue weighted by atomic mass is 9.99. The average molecular weight is 257 g/mol. The van der Waals surface area contributed by atoms with Gasteiger partial charge in [-0.25, -0.2) is 0 Å². The zero-order chi connectivity index (χ0) is 13.2. The molecule has 1 aliphatic heterocycles. The summed E-state index contributed by atoms with van der Waals surface area (Å²) in [5.41, 5.74) is 8.21. The van der Waals surface area contributed by atoms with Gasteiger partial charge < -0.3 is 20.3 Å². The van der Waals surface area contributed by atoms with Crippen LogP contribution in [0.5, 0.6) is 11.5 Å². The first kappa shape index (κ1) is 11.9. The molecule has 3 rings (SSSR count). The first-order valence-corrected chi connectivity index (χ1v) is 6.15. The molecule has 0 fully saturated rings. The molecular formula is C15H15NO3. The Morgan fingerprint density at radius 1 is 1.11 bits per heavy atom. The number of nitrogen functional groups attached to an aromatic ring is 1. The van der Waals surface area contributed by atoms with E-state index in [1.807, 2.05) is 30.3 Å². The molecule has 19 heavy (non-hydrogen) atoms. The van der Waals surface area contributed by atoms with Crippen molar-refractivity contribution in [3.8, 4) is 11.5 Å². The van der Waals surface area contributed by atoms with Gasteiger partial charge in [0.05, 0.1) is 6.10 Å². The van der Waals surface area contributed by atoms with Crippen LogP contribution in [0.15, 0.2) is 42.5 Å². The van der Waals surface area contributed by atoms with E-state index in [0.29, 0.717) is 29.2 Å². The van der Waals surface area contributed by atoms with Crippen molar-refractivity contribution in [1.82, 2.24) is 0 Å². The number of anilines is 1. The highest BCUT2D eigenvalue weighted by molar-refractivity contribution is 5.59. The van der Waals surface area contributed by atoms with Crippen molar-refractivity contribution in [3.63, 3.8) is 0 Å². The summed E-state index contributed by atoms with van der Waals surface area (Å²) < 4.78 is 10.6. The van der Waals surface area contributed by atoms with Gasteiger partial charge in [-0.05, 0) is 11.6 Å². The van der Waals surface area contributed by atoms with E-state index in [0.717, 1.165) is 5.56 Å². The third-order valence-electron chi connectivity index (χ3n) is 3.21. The highest BCUT2D eigenvalue weighted by Crippen LogP contribution is 2.38. The summed E-state index contributed by atoms with van der Waals surface area (Å²) in [5.74, 6) is 1.27. The van der Waals surface area contributed by atoms with Crippen LogP contribution in [0.3, 0.4) is 0 Å². The number of fused-ring (bicyclic) bond motifs is 1. The molecule has 0 saturated heterocycles. The van der Waals surface area contributed by atoms with Gasteiger partial charge in [0.2, 0.25) is 6.79 Å². The van der Waals surface area contributed by atoms with E-state index in [-0.39, 0.29) is 6.79 Å². The van der Waals surface area contributed by atoms with Crippen molar-refractivity contribution in [3.05, 3.63) is 53.6 Å². The Hall–Kier alpha value is -2.20. The van der Waals surface area contributed by atoms with Gasteiger partial charge in [-0.15, -0.1) is 0 Å². The van der Waals surface area contributed by atoms with Gasteiger partial charge in [-0.3, -0.25) is 0 Å². The summed E-state index contributed by atoms with van der Waals surface area (Å²) in [6, 6.07) is 13.3. The maximum atomic E-state index is 10.3. The Bertz CT molecular complexity index is 583. The largest absolute Gasteiger partial charge is 0.454 e. The van der Waals surface area contributed by atoms with Crippen LogP contribution >= 0.6 is 0 Å². The first-order valence-electron chi connectivity index (χ1n) is 6.15. The minimum Gasteiger partial charge on any atom is -0.454 e. The second kappa shape index (κ2) is 4.82. The molecular weight excluding hydrogens is 242 g/mol. The van der Waals surface area contributed by atoms with Crippen molar-refractivity contribution >= 4 is 5.69 Å². The number of aliphatic hydroxyl groups is 1. The zero-order valence-electron chi connectivity index (χ0n) is 10.4. The summed E-state index contributed by atoms with van der Waals surface area (Å²) in [6.45, 7) is 0.201. The molecule has 2 aromatic carbocycles. The smallest absolute Gasteiger partial charge is 0.231 e. The number of nitrogens with two attached hydrogens (primary N) is 1. The zero-order valence-corrected chi connectivity index (χ0v) is 10.4. The number of hydrogen-bond acceptors (Lipinski definition) is 4. The van der Waals surface area contributed by atoms with Crippen molar-refractivity contribution in [2.24, 2.45) is 0 Å². The van der Waals surface area contributed by atoms with Crippen LogP contribution in [0.4, 0.5) is 5.69 Å². The van der Waals surface area contributed by atoms with Gasteiger partial charge in [-0.2, -0.15) is 0 Å². The summed E-state index contributed by atoms with van der Waals surface area (Å²) >= 11 is 0. The summed E-state index contributed by atoms with van der Waals surface area (Å²) in [7, 11) is 0. The minimum atomic E-state index is -0.656. The monoisotopic (exact) mass is 257 g/mol. The van der Waals surface area contributed by atoms with Crippen molar-refractivity contribution in [2.75, 3.05) is 12.5 Å². The lowest BCUT2D eigenvalue weighted by molar-refractivity contribution is 0.171. The molecule has 0 saturated carbocycles. The lowest BCUT2D eigenvalue weighted by Gasteiger charge is -2.14. The van der Waals surface area contributed by atoms with Crippen molar-refractivity contribution in [2.45, 2.75) is 12.5 Å². The fraction of sp³-hybridized carbons (Fsp3) is 0.200. The molecule has 0 aliphatic carbocycles. The number of ether oxygens (including phenoxy) is 2. The van der Waals surface area contributed by atoms with Gasteiger partial charge >= 0.3 is 0 Å². The topological polar surface area (TPSA) is 64.7 Å². The second-order valence-corrected chi connectivity index (χ2v) is 4.54. The van der Waals surface area contributed by atoms with E-state index >= 15 is 0 Å². The molecule has 0 spiro atoms. The maximum absolute atomic E-state index is 10.3. The van der Waals surface area contributed by atoms with Crippen molar-refractivity contribution < 1.29 is 14.6 Å². The van der Waals surface area contributed by atoms with E-state index in [9.17, 15) is 5.11 Å². The fourth-order valence-corrected chi connectivity index (χ4v) is 2.21. The number of rotatable bonds is 3. The summed E-state index contributed by atoms with van der Waals surface area (Å²) in [5, 5.41) is 10.3. The average Bonchev–Trinajstić information content (AvgIpc) is 2.86. The summed E-state index contributed by atoms with van der Waals surface area (Å²) in [4.78, 5) is 0. The summed E-state index contributed by atoms with van der Waals surface area (Å²) in [6.07, 6.45) is -0.137. The quantitative estimate of drug-likeness (QED) is 0.828. The van der Waals surface area contributed by atoms with Crippen LogP contribution in [0.25, 0.3) is 0 Å². The van der Waals surface area contributed by atoms with Crippen molar-refractivity contribution in [1.29, 1.82) is 0 Å². The predicted molar refractivity (Wildman–Crippen MR) is 72.1 cm³/mol. The molecule has 98 valence electrons. The van der Waals surface area contributed by atoms with Crippen LogP contribution in [-0.2, 0) is 6.42 Å². The van der Waals surface area contributed by atoms with E-state index in [4.69, 9.17) is 15.2 Å². The van der Waals surface area contributed by atoms with Crippen LogP contribution < -0.4 is 15.2 Å². The third kappa shape index (κ3) is 2.35. The van der Waals surface area contributed by atoms with Gasteiger partial charge in [0, 0.05) is 23.7 Å². The first-order chi connectivity index (χ1) is 9.24. The predicted octanol–water partition coefficient (Wildman–Crippen LogP) is 2.27. The fourth-order valence-electron chi connectivity index (χ4n) is 2.21. The Balaban J connectivity index is 1.86. The molecule has 1 unspecified atom stereocenters. The highest BCUT2D eigenvalue weighted by atomic mass is 16.7. The Morgan fingerprint density at radius 3 is 2.53 bits per heavy atom. The lowest BCUT2D eigenvalue weighted by Crippen LogP contribution is -2.05. The van der Waals surface area contributed by atoms with E-state index in [1.165, 1.54) is 0 Å². The molecule has 0 aromatic heterocycles. The van der Waals surface area contributed by atoms with Gasteiger partial charge in [0.15, 0.2) is 11.5 Å². The Kier molecular flexibility index (Phi) is 3.01. The Labute approximate surface area is 111 Å². The molecule has 3 N–H and O–H groups in total. The number of benzene rings is 2. The molecule has 0 amide bonds. The minimum absolute atomic E-state index is 0.201. The second-order valence-electron chi connectivity index (χ2n) is 4.54. The molecule has 1 atom stereocenters. The molecule has 4 heteroatoms. The van der Waals surface area contributed by atoms with Crippen LogP contribution in [0.2, 0.25) is 0 Å². The van der Waals surface area contributed by atoms with Crippen LogP contribution in [0.1, 0.15) is 17.2 Å². The molecule has 1 aliphatic rings. The molecule has 0 bridgehead atoms. The van der Waals surface area contributed by atoms with E-state index in [2.05, 4.69) is 0 Å².